The zero-order valence-corrected chi connectivity index (χ0v) is 9.29. The molecule has 2 N–H and O–H groups in total. The average molecular weight is 220 g/mol. The first-order valence-electron chi connectivity index (χ1n) is 4.82. The van der Waals surface area contributed by atoms with Gasteiger partial charge in [-0.2, -0.15) is 21.3 Å². The van der Waals surface area contributed by atoms with Crippen LogP contribution in [0, 0.1) is 0 Å². The van der Waals surface area contributed by atoms with Crippen LogP contribution in [0.2, 0.25) is 0 Å². The van der Waals surface area contributed by atoms with Crippen molar-refractivity contribution >= 4 is 17.3 Å². The fourth-order valence-electron chi connectivity index (χ4n) is 1.29. The summed E-state index contributed by atoms with van der Waals surface area (Å²) in [5.41, 5.74) is 6.64. The number of anilines is 1. The van der Waals surface area contributed by atoms with E-state index in [0.29, 0.717) is 11.8 Å². The van der Waals surface area contributed by atoms with Gasteiger partial charge in [-0.15, -0.1) is 0 Å². The number of thiophene rings is 1. The van der Waals surface area contributed by atoms with Crippen LogP contribution in [0.15, 0.2) is 16.8 Å². The highest BCUT2D eigenvalue weighted by Crippen LogP contribution is 2.18. The van der Waals surface area contributed by atoms with E-state index in [1.54, 1.807) is 11.3 Å². The summed E-state index contributed by atoms with van der Waals surface area (Å²) in [5, 5.41) is 4.00. The van der Waals surface area contributed by atoms with E-state index in [9.17, 15) is 0 Å². The lowest BCUT2D eigenvalue weighted by Gasteiger charge is -2.01. The summed E-state index contributed by atoms with van der Waals surface area (Å²) in [6.45, 7) is 2.09. The van der Waals surface area contributed by atoms with Crippen molar-refractivity contribution in [3.8, 4) is 11.4 Å². The molecular weight excluding hydrogens is 208 g/mol. The van der Waals surface area contributed by atoms with Gasteiger partial charge in [0.15, 0.2) is 5.82 Å². The minimum Gasteiger partial charge on any atom is -0.368 e. The van der Waals surface area contributed by atoms with Crippen LogP contribution in [0.4, 0.5) is 5.95 Å². The Morgan fingerprint density at radius 2 is 2.20 bits per heavy atom. The van der Waals surface area contributed by atoms with Crippen LogP contribution < -0.4 is 5.73 Å². The molecule has 0 atom stereocenters. The maximum atomic E-state index is 5.64. The number of hydrogen-bond acceptors (Lipinski definition) is 5. The van der Waals surface area contributed by atoms with Gasteiger partial charge in [-0.25, -0.2) is 4.98 Å². The van der Waals surface area contributed by atoms with Gasteiger partial charge in [0.25, 0.3) is 0 Å². The fraction of sp³-hybridized carbons (Fsp3) is 0.300. The Labute approximate surface area is 92.2 Å². The highest BCUT2D eigenvalue weighted by Gasteiger charge is 2.06. The molecule has 0 amide bonds. The number of aromatic nitrogens is 3. The molecule has 0 fully saturated rings. The zero-order chi connectivity index (χ0) is 10.7. The third-order valence-corrected chi connectivity index (χ3v) is 2.64. The van der Waals surface area contributed by atoms with E-state index in [1.807, 2.05) is 16.8 Å². The van der Waals surface area contributed by atoms with Gasteiger partial charge in [0.2, 0.25) is 5.95 Å². The monoisotopic (exact) mass is 220 g/mol. The first kappa shape index (κ1) is 10.0. The number of nitrogens with two attached hydrogens (primary N) is 1. The molecule has 0 spiro atoms. The smallest absolute Gasteiger partial charge is 0.223 e. The number of rotatable bonds is 3. The molecule has 4 nitrogen and oxygen atoms in total. The molecule has 2 rings (SSSR count). The van der Waals surface area contributed by atoms with Crippen molar-refractivity contribution in [2.45, 2.75) is 19.8 Å². The molecule has 0 saturated carbocycles. The van der Waals surface area contributed by atoms with Gasteiger partial charge < -0.3 is 5.73 Å². The van der Waals surface area contributed by atoms with Crippen molar-refractivity contribution in [1.82, 2.24) is 15.0 Å². The van der Waals surface area contributed by atoms with Crippen molar-refractivity contribution in [3.63, 3.8) is 0 Å². The van der Waals surface area contributed by atoms with E-state index >= 15 is 0 Å². The Morgan fingerprint density at radius 1 is 1.33 bits per heavy atom. The summed E-state index contributed by atoms with van der Waals surface area (Å²) in [6.07, 6.45) is 1.84. The minimum absolute atomic E-state index is 0.301. The summed E-state index contributed by atoms with van der Waals surface area (Å²) in [6, 6.07) is 1.98. The molecule has 0 saturated heterocycles. The summed E-state index contributed by atoms with van der Waals surface area (Å²) < 4.78 is 0. The number of hydrogen-bond donors (Lipinski definition) is 1. The SMILES string of the molecule is CCCc1nc(N)nc(-c2ccsc2)n1. The Kier molecular flexibility index (Phi) is 2.91. The molecule has 5 heteroatoms. The number of nitrogens with zero attached hydrogens (tertiary/aromatic N) is 3. The van der Waals surface area contributed by atoms with Crippen LogP contribution in [0.25, 0.3) is 11.4 Å². The van der Waals surface area contributed by atoms with E-state index in [4.69, 9.17) is 5.73 Å². The Balaban J connectivity index is 2.40. The first-order chi connectivity index (χ1) is 7.29. The lowest BCUT2D eigenvalue weighted by atomic mass is 10.3. The summed E-state index contributed by atoms with van der Waals surface area (Å²) >= 11 is 1.62. The van der Waals surface area contributed by atoms with Gasteiger partial charge in [-0.3, -0.25) is 0 Å². The van der Waals surface area contributed by atoms with Crippen LogP contribution in [-0.2, 0) is 6.42 Å². The molecule has 2 heterocycles. The number of nitrogen functional groups attached to an aromatic ring is 1. The van der Waals surface area contributed by atoms with Gasteiger partial charge in [0, 0.05) is 17.4 Å². The Bertz CT molecular complexity index is 439. The minimum atomic E-state index is 0.301. The second kappa shape index (κ2) is 4.35. The second-order valence-corrected chi connectivity index (χ2v) is 3.98. The van der Waals surface area contributed by atoms with Crippen LogP contribution in [-0.4, -0.2) is 15.0 Å². The van der Waals surface area contributed by atoms with Gasteiger partial charge in [-0.05, 0) is 17.9 Å². The lowest BCUT2D eigenvalue weighted by molar-refractivity contribution is 0.825. The quantitative estimate of drug-likeness (QED) is 0.860. The van der Waals surface area contributed by atoms with Crippen molar-refractivity contribution < 1.29 is 0 Å². The van der Waals surface area contributed by atoms with E-state index < -0.39 is 0 Å². The van der Waals surface area contributed by atoms with Crippen molar-refractivity contribution in [1.29, 1.82) is 0 Å². The molecule has 0 aliphatic carbocycles. The molecule has 2 aromatic rings. The summed E-state index contributed by atoms with van der Waals surface area (Å²) in [5.74, 6) is 1.74. The highest BCUT2D eigenvalue weighted by molar-refractivity contribution is 7.08. The Morgan fingerprint density at radius 3 is 2.87 bits per heavy atom. The molecule has 0 aliphatic heterocycles. The summed E-state index contributed by atoms with van der Waals surface area (Å²) in [4.78, 5) is 12.6. The predicted octanol–water partition coefficient (Wildman–Crippen LogP) is 2.13. The summed E-state index contributed by atoms with van der Waals surface area (Å²) in [7, 11) is 0. The van der Waals surface area contributed by atoms with E-state index in [2.05, 4.69) is 21.9 Å². The maximum absolute atomic E-state index is 5.64. The largest absolute Gasteiger partial charge is 0.368 e. The molecule has 2 aromatic heterocycles. The average Bonchev–Trinajstić information content (AvgIpc) is 2.70. The molecular formula is C10H12N4S. The third kappa shape index (κ3) is 2.30. The van der Waals surface area contributed by atoms with Crippen LogP contribution in [0.5, 0.6) is 0 Å². The molecule has 0 bridgehead atoms. The van der Waals surface area contributed by atoms with Crippen LogP contribution in [0.3, 0.4) is 0 Å². The van der Waals surface area contributed by atoms with Gasteiger partial charge in [-0.1, -0.05) is 6.92 Å². The van der Waals surface area contributed by atoms with Gasteiger partial charge in [0.1, 0.15) is 5.82 Å². The maximum Gasteiger partial charge on any atom is 0.223 e. The third-order valence-electron chi connectivity index (χ3n) is 1.95. The van der Waals surface area contributed by atoms with Gasteiger partial charge >= 0.3 is 0 Å². The van der Waals surface area contributed by atoms with Crippen LogP contribution in [0.1, 0.15) is 19.2 Å². The second-order valence-electron chi connectivity index (χ2n) is 3.20. The van der Waals surface area contributed by atoms with Crippen molar-refractivity contribution in [2.75, 3.05) is 5.73 Å². The number of aryl methyl sites for hydroxylation is 1. The normalized spacial score (nSPS) is 10.5. The topological polar surface area (TPSA) is 64.7 Å². The fourth-order valence-corrected chi connectivity index (χ4v) is 1.93. The molecule has 0 aromatic carbocycles. The molecule has 15 heavy (non-hydrogen) atoms. The predicted molar refractivity (Wildman–Crippen MR) is 61.5 cm³/mol. The molecule has 0 unspecified atom stereocenters. The zero-order valence-electron chi connectivity index (χ0n) is 8.47. The molecule has 0 aliphatic rings. The first-order valence-corrected chi connectivity index (χ1v) is 5.77. The molecule has 78 valence electrons. The van der Waals surface area contributed by atoms with E-state index in [1.165, 1.54) is 0 Å². The van der Waals surface area contributed by atoms with Crippen molar-refractivity contribution in [2.24, 2.45) is 0 Å². The van der Waals surface area contributed by atoms with Gasteiger partial charge in [0.05, 0.1) is 0 Å². The van der Waals surface area contributed by atoms with E-state index in [-0.39, 0.29) is 0 Å². The standard InChI is InChI=1S/C10H12N4S/c1-2-3-8-12-9(14-10(11)13-8)7-4-5-15-6-7/h4-6H,2-3H2,1H3,(H2,11,12,13,14). The highest BCUT2D eigenvalue weighted by atomic mass is 32.1. The lowest BCUT2D eigenvalue weighted by Crippen LogP contribution is -2.04. The Hall–Kier alpha value is -1.49. The molecule has 0 radical (unpaired) electrons. The van der Waals surface area contributed by atoms with Crippen molar-refractivity contribution in [3.05, 3.63) is 22.7 Å². The van der Waals surface area contributed by atoms with E-state index in [0.717, 1.165) is 24.2 Å². The van der Waals surface area contributed by atoms with Crippen LogP contribution >= 0.6 is 11.3 Å².